The van der Waals surface area contributed by atoms with Gasteiger partial charge in [0.25, 0.3) is 0 Å². The number of nitrogens with one attached hydrogen (secondary N) is 1. The minimum absolute atomic E-state index is 0.325. The highest BCUT2D eigenvalue weighted by molar-refractivity contribution is 7.11. The van der Waals surface area contributed by atoms with Crippen LogP contribution in [0.15, 0.2) is 12.1 Å². The highest BCUT2D eigenvalue weighted by Gasteiger charge is 2.37. The Morgan fingerprint density at radius 2 is 2.05 bits per heavy atom. The summed E-state index contributed by atoms with van der Waals surface area (Å²) in [5, 5.41) is 3.85. The van der Waals surface area contributed by atoms with E-state index in [1.54, 1.807) is 0 Å². The van der Waals surface area contributed by atoms with E-state index in [1.807, 2.05) is 11.3 Å². The second kappa shape index (κ2) is 7.26. The van der Waals surface area contributed by atoms with Gasteiger partial charge in [-0.25, -0.2) is 0 Å². The lowest BCUT2D eigenvalue weighted by molar-refractivity contribution is 0.0408. The Morgan fingerprint density at radius 1 is 1.33 bits per heavy atom. The third-order valence-corrected chi connectivity index (χ3v) is 6.37. The van der Waals surface area contributed by atoms with E-state index < -0.39 is 0 Å². The van der Waals surface area contributed by atoms with Gasteiger partial charge in [0.15, 0.2) is 0 Å². The molecule has 0 saturated carbocycles. The van der Waals surface area contributed by atoms with Crippen LogP contribution in [-0.2, 0) is 6.42 Å². The van der Waals surface area contributed by atoms with E-state index >= 15 is 0 Å². The maximum atomic E-state index is 3.85. The van der Waals surface area contributed by atoms with Gasteiger partial charge in [-0.05, 0) is 51.7 Å². The smallest absolute Gasteiger partial charge is 0.0304 e. The molecule has 0 aromatic carbocycles. The fourth-order valence-corrected chi connectivity index (χ4v) is 4.62. The average molecular weight is 309 g/mol. The third kappa shape index (κ3) is 3.88. The molecule has 3 heteroatoms. The van der Waals surface area contributed by atoms with Gasteiger partial charge in [0.05, 0.1) is 0 Å². The summed E-state index contributed by atoms with van der Waals surface area (Å²) in [6, 6.07) is 5.89. The second-order valence-corrected chi connectivity index (χ2v) is 8.04. The zero-order valence-electron chi connectivity index (χ0n) is 14.4. The van der Waals surface area contributed by atoms with E-state index in [1.165, 1.54) is 42.0 Å². The normalized spacial score (nSPS) is 24.1. The fraction of sp³-hybridized carbons (Fsp3) is 0.778. The summed E-state index contributed by atoms with van der Waals surface area (Å²) in [4.78, 5) is 5.74. The molecule has 1 aliphatic heterocycles. The number of rotatable bonds is 6. The van der Waals surface area contributed by atoms with Gasteiger partial charge >= 0.3 is 0 Å². The molecular weight excluding hydrogens is 276 g/mol. The summed E-state index contributed by atoms with van der Waals surface area (Å²) in [5.74, 6) is 0. The van der Waals surface area contributed by atoms with Crippen molar-refractivity contribution in [1.82, 2.24) is 10.2 Å². The predicted octanol–water partition coefficient (Wildman–Crippen LogP) is 4.23. The molecule has 1 aliphatic rings. The van der Waals surface area contributed by atoms with Crippen molar-refractivity contribution in [3.8, 4) is 0 Å². The zero-order valence-corrected chi connectivity index (χ0v) is 15.2. The van der Waals surface area contributed by atoms with Gasteiger partial charge in [-0.1, -0.05) is 20.8 Å². The molecule has 1 N–H and O–H groups in total. The molecule has 0 radical (unpaired) electrons. The van der Waals surface area contributed by atoms with Crippen molar-refractivity contribution >= 4 is 11.3 Å². The maximum absolute atomic E-state index is 3.85. The van der Waals surface area contributed by atoms with Crippen LogP contribution in [0.3, 0.4) is 0 Å². The summed E-state index contributed by atoms with van der Waals surface area (Å²) in [5.41, 5.74) is 0.325. The largest absolute Gasteiger partial charge is 0.308 e. The van der Waals surface area contributed by atoms with Crippen LogP contribution in [0.2, 0.25) is 0 Å². The fourth-order valence-electron chi connectivity index (χ4n) is 3.61. The van der Waals surface area contributed by atoms with Crippen LogP contribution in [0.5, 0.6) is 0 Å². The van der Waals surface area contributed by atoms with E-state index in [0.29, 0.717) is 17.6 Å². The van der Waals surface area contributed by atoms with E-state index in [4.69, 9.17) is 0 Å². The Morgan fingerprint density at radius 3 is 2.57 bits per heavy atom. The quantitative estimate of drug-likeness (QED) is 0.846. The predicted molar refractivity (Wildman–Crippen MR) is 94.3 cm³/mol. The number of thiophene rings is 1. The average Bonchev–Trinajstić information content (AvgIpc) is 2.91. The molecule has 2 heterocycles. The molecule has 1 aromatic rings. The molecule has 1 fully saturated rings. The van der Waals surface area contributed by atoms with Crippen molar-refractivity contribution < 1.29 is 0 Å². The SMILES string of the molecule is CCC1CNC(CC)(CC)CN1C(C)Cc1ccc(C)s1. The van der Waals surface area contributed by atoms with Crippen molar-refractivity contribution in [3.05, 3.63) is 21.9 Å². The van der Waals surface area contributed by atoms with Crippen LogP contribution in [-0.4, -0.2) is 35.6 Å². The molecule has 0 amide bonds. The summed E-state index contributed by atoms with van der Waals surface area (Å²) in [6.07, 6.45) is 4.88. The van der Waals surface area contributed by atoms with Crippen LogP contribution >= 0.6 is 11.3 Å². The van der Waals surface area contributed by atoms with Crippen molar-refractivity contribution in [1.29, 1.82) is 0 Å². The van der Waals surface area contributed by atoms with Gasteiger partial charge in [0.2, 0.25) is 0 Å². The number of piperazine rings is 1. The third-order valence-electron chi connectivity index (χ3n) is 5.35. The van der Waals surface area contributed by atoms with Crippen LogP contribution in [0, 0.1) is 6.92 Å². The van der Waals surface area contributed by atoms with Crippen molar-refractivity contribution in [2.45, 2.75) is 77.9 Å². The number of hydrogen-bond acceptors (Lipinski definition) is 3. The van der Waals surface area contributed by atoms with Gasteiger partial charge in [-0.3, -0.25) is 4.90 Å². The van der Waals surface area contributed by atoms with Gasteiger partial charge in [0, 0.05) is 40.5 Å². The van der Waals surface area contributed by atoms with Gasteiger partial charge < -0.3 is 5.32 Å². The highest BCUT2D eigenvalue weighted by atomic mass is 32.1. The molecule has 2 unspecified atom stereocenters. The Kier molecular flexibility index (Phi) is 5.87. The zero-order chi connectivity index (χ0) is 15.5. The molecule has 1 aromatic heterocycles. The Hall–Kier alpha value is -0.380. The molecule has 2 atom stereocenters. The second-order valence-electron chi connectivity index (χ2n) is 6.67. The molecule has 21 heavy (non-hydrogen) atoms. The van der Waals surface area contributed by atoms with Gasteiger partial charge in [-0.2, -0.15) is 0 Å². The van der Waals surface area contributed by atoms with Gasteiger partial charge in [0.1, 0.15) is 0 Å². The first-order chi connectivity index (χ1) is 10.0. The first-order valence-electron chi connectivity index (χ1n) is 8.59. The minimum atomic E-state index is 0.325. The molecule has 0 bridgehead atoms. The highest BCUT2D eigenvalue weighted by Crippen LogP contribution is 2.27. The standard InChI is InChI=1S/C18H32N2S/c1-6-16-12-19-18(7-2,8-3)13-20(16)14(4)11-17-10-9-15(5)21-17/h9-10,14,16,19H,6-8,11-13H2,1-5H3. The van der Waals surface area contributed by atoms with Crippen LogP contribution in [0.25, 0.3) is 0 Å². The van der Waals surface area contributed by atoms with E-state index in [9.17, 15) is 0 Å². The van der Waals surface area contributed by atoms with Gasteiger partial charge in [-0.15, -0.1) is 11.3 Å². The molecule has 1 saturated heterocycles. The Bertz CT molecular complexity index is 436. The minimum Gasteiger partial charge on any atom is -0.308 e. The number of hydrogen-bond donors (Lipinski definition) is 1. The van der Waals surface area contributed by atoms with Crippen molar-refractivity contribution in [2.75, 3.05) is 13.1 Å². The summed E-state index contributed by atoms with van der Waals surface area (Å²) >= 11 is 1.96. The van der Waals surface area contributed by atoms with E-state index in [2.05, 4.69) is 57.0 Å². The molecular formula is C18H32N2S. The molecule has 0 aliphatic carbocycles. The summed E-state index contributed by atoms with van der Waals surface area (Å²) in [6.45, 7) is 13.9. The molecule has 120 valence electrons. The lowest BCUT2D eigenvalue weighted by Gasteiger charge is -2.49. The Labute approximate surface area is 134 Å². The summed E-state index contributed by atoms with van der Waals surface area (Å²) in [7, 11) is 0. The topological polar surface area (TPSA) is 15.3 Å². The lowest BCUT2D eigenvalue weighted by Crippen LogP contribution is -2.65. The molecule has 2 rings (SSSR count). The summed E-state index contributed by atoms with van der Waals surface area (Å²) < 4.78 is 0. The number of aryl methyl sites for hydroxylation is 1. The first-order valence-corrected chi connectivity index (χ1v) is 9.41. The molecule has 2 nitrogen and oxygen atoms in total. The van der Waals surface area contributed by atoms with Crippen LogP contribution < -0.4 is 5.32 Å². The van der Waals surface area contributed by atoms with Crippen LogP contribution in [0.4, 0.5) is 0 Å². The monoisotopic (exact) mass is 308 g/mol. The maximum Gasteiger partial charge on any atom is 0.0304 e. The first kappa shape index (κ1) is 17.0. The van der Waals surface area contributed by atoms with Crippen molar-refractivity contribution in [2.24, 2.45) is 0 Å². The van der Waals surface area contributed by atoms with E-state index in [-0.39, 0.29) is 0 Å². The lowest BCUT2D eigenvalue weighted by atomic mass is 9.87. The molecule has 0 spiro atoms. The van der Waals surface area contributed by atoms with E-state index in [0.717, 1.165) is 6.54 Å². The van der Waals surface area contributed by atoms with Crippen molar-refractivity contribution in [3.63, 3.8) is 0 Å². The Balaban J connectivity index is 2.08. The number of nitrogens with zero attached hydrogens (tertiary/aromatic N) is 1. The van der Waals surface area contributed by atoms with Crippen LogP contribution in [0.1, 0.15) is 56.7 Å².